The molecule has 0 bridgehead atoms. The highest BCUT2D eigenvalue weighted by molar-refractivity contribution is 5.88. The summed E-state index contributed by atoms with van der Waals surface area (Å²) in [6, 6.07) is 11.2. The van der Waals surface area contributed by atoms with Crippen LogP contribution >= 0.6 is 0 Å². The summed E-state index contributed by atoms with van der Waals surface area (Å²) in [5.41, 5.74) is 3.42. The van der Waals surface area contributed by atoms with Crippen molar-refractivity contribution in [2.24, 2.45) is 0 Å². The molecule has 2 aliphatic heterocycles. The summed E-state index contributed by atoms with van der Waals surface area (Å²) in [5.74, 6) is -0.465. The van der Waals surface area contributed by atoms with E-state index in [1.54, 1.807) is 6.07 Å². The van der Waals surface area contributed by atoms with Crippen molar-refractivity contribution in [2.45, 2.75) is 19.4 Å². The summed E-state index contributed by atoms with van der Waals surface area (Å²) in [7, 11) is 0. The van der Waals surface area contributed by atoms with Crippen LogP contribution < -0.4 is 15.4 Å². The SMILES string of the molecule is CC(c1cc(C(=O)O)cn2c(=O)cc(N3CCOCC3)nc12)N1CCc2ccccc21. The summed E-state index contributed by atoms with van der Waals surface area (Å²) in [4.78, 5) is 33.9. The number of aromatic nitrogens is 2. The number of ether oxygens (including phenoxy) is 1. The number of carboxylic acids is 1. The van der Waals surface area contributed by atoms with Crippen molar-refractivity contribution in [3.63, 3.8) is 0 Å². The number of nitrogens with zero attached hydrogens (tertiary/aromatic N) is 4. The van der Waals surface area contributed by atoms with Gasteiger partial charge in [-0.1, -0.05) is 18.2 Å². The first-order valence-corrected chi connectivity index (χ1v) is 10.5. The molecule has 2 aliphatic rings. The van der Waals surface area contributed by atoms with Crippen LogP contribution in [0.2, 0.25) is 0 Å². The largest absolute Gasteiger partial charge is 0.478 e. The molecule has 2 aromatic heterocycles. The average Bonchev–Trinajstić information content (AvgIpc) is 3.22. The average molecular weight is 420 g/mol. The summed E-state index contributed by atoms with van der Waals surface area (Å²) >= 11 is 0. The Balaban J connectivity index is 1.67. The Hall–Kier alpha value is -3.39. The Kier molecular flexibility index (Phi) is 4.86. The van der Waals surface area contributed by atoms with E-state index in [-0.39, 0.29) is 17.2 Å². The molecule has 3 aromatic rings. The first-order chi connectivity index (χ1) is 15.0. The zero-order valence-electron chi connectivity index (χ0n) is 17.3. The topological polar surface area (TPSA) is 87.4 Å². The highest BCUT2D eigenvalue weighted by Crippen LogP contribution is 2.36. The van der Waals surface area contributed by atoms with Crippen molar-refractivity contribution in [1.82, 2.24) is 9.38 Å². The molecule has 8 heteroatoms. The van der Waals surface area contributed by atoms with E-state index in [2.05, 4.69) is 17.0 Å². The second kappa shape index (κ2) is 7.70. The van der Waals surface area contributed by atoms with Gasteiger partial charge in [-0.2, -0.15) is 0 Å². The van der Waals surface area contributed by atoms with Gasteiger partial charge in [-0.3, -0.25) is 9.20 Å². The van der Waals surface area contributed by atoms with E-state index in [1.807, 2.05) is 24.0 Å². The van der Waals surface area contributed by atoms with Gasteiger partial charge in [0.15, 0.2) is 0 Å². The van der Waals surface area contributed by atoms with Gasteiger partial charge in [0.1, 0.15) is 11.5 Å². The first-order valence-electron chi connectivity index (χ1n) is 10.5. The Labute approximate surface area is 179 Å². The van der Waals surface area contributed by atoms with Crippen LogP contribution in [-0.4, -0.2) is 53.3 Å². The Morgan fingerprint density at radius 1 is 1.16 bits per heavy atom. The first kappa shape index (κ1) is 19.6. The molecule has 0 spiro atoms. The second-order valence-corrected chi connectivity index (χ2v) is 7.98. The van der Waals surface area contributed by atoms with Crippen molar-refractivity contribution in [2.75, 3.05) is 42.6 Å². The van der Waals surface area contributed by atoms with E-state index in [4.69, 9.17) is 9.72 Å². The van der Waals surface area contributed by atoms with E-state index >= 15 is 0 Å². The Morgan fingerprint density at radius 3 is 2.71 bits per heavy atom. The summed E-state index contributed by atoms with van der Waals surface area (Å²) in [6.45, 7) is 5.38. The maximum Gasteiger partial charge on any atom is 0.337 e. The van der Waals surface area contributed by atoms with Gasteiger partial charge >= 0.3 is 5.97 Å². The Morgan fingerprint density at radius 2 is 1.94 bits per heavy atom. The molecule has 1 N–H and O–H groups in total. The van der Waals surface area contributed by atoms with E-state index in [9.17, 15) is 14.7 Å². The monoisotopic (exact) mass is 420 g/mol. The zero-order valence-corrected chi connectivity index (χ0v) is 17.3. The van der Waals surface area contributed by atoms with E-state index < -0.39 is 5.97 Å². The fourth-order valence-corrected chi connectivity index (χ4v) is 4.53. The molecule has 31 heavy (non-hydrogen) atoms. The number of rotatable bonds is 4. The van der Waals surface area contributed by atoms with Gasteiger partial charge in [-0.25, -0.2) is 9.78 Å². The van der Waals surface area contributed by atoms with Crippen LogP contribution in [-0.2, 0) is 11.2 Å². The van der Waals surface area contributed by atoms with Crippen molar-refractivity contribution < 1.29 is 14.6 Å². The summed E-state index contributed by atoms with van der Waals surface area (Å²) < 4.78 is 6.78. The lowest BCUT2D eigenvalue weighted by Crippen LogP contribution is -2.38. The molecule has 0 aliphatic carbocycles. The van der Waals surface area contributed by atoms with Crippen LogP contribution in [0.15, 0.2) is 47.4 Å². The molecule has 8 nitrogen and oxygen atoms in total. The smallest absolute Gasteiger partial charge is 0.337 e. The minimum atomic E-state index is -1.07. The number of benzene rings is 1. The van der Waals surface area contributed by atoms with Gasteiger partial charge in [0, 0.05) is 43.1 Å². The third-order valence-electron chi connectivity index (χ3n) is 6.20. The number of morpholine rings is 1. The van der Waals surface area contributed by atoms with Crippen LogP contribution in [0.1, 0.15) is 34.5 Å². The van der Waals surface area contributed by atoms with Gasteiger partial charge in [-0.05, 0) is 31.0 Å². The third kappa shape index (κ3) is 3.42. The minimum Gasteiger partial charge on any atom is -0.478 e. The molecule has 0 saturated carbocycles. The number of fused-ring (bicyclic) bond motifs is 2. The number of carbonyl (C=O) groups is 1. The normalized spacial score (nSPS) is 17.1. The number of para-hydroxylation sites is 1. The quantitative estimate of drug-likeness (QED) is 0.693. The van der Waals surface area contributed by atoms with Gasteiger partial charge in [0.05, 0.1) is 24.8 Å². The predicted octanol–water partition coefficient (Wildman–Crippen LogP) is 2.35. The van der Waals surface area contributed by atoms with Crippen LogP contribution in [0.25, 0.3) is 5.65 Å². The summed E-state index contributed by atoms with van der Waals surface area (Å²) in [6.07, 6.45) is 2.30. The number of carboxylic acid groups (broad SMARTS) is 1. The van der Waals surface area contributed by atoms with Crippen LogP contribution in [0.5, 0.6) is 0 Å². The summed E-state index contributed by atoms with van der Waals surface area (Å²) in [5, 5.41) is 9.65. The van der Waals surface area contributed by atoms with E-state index in [1.165, 1.54) is 22.2 Å². The van der Waals surface area contributed by atoms with Gasteiger partial charge in [-0.15, -0.1) is 0 Å². The lowest BCUT2D eigenvalue weighted by atomic mass is 10.1. The third-order valence-corrected chi connectivity index (χ3v) is 6.20. The lowest BCUT2D eigenvalue weighted by Gasteiger charge is -2.30. The lowest BCUT2D eigenvalue weighted by molar-refractivity contribution is 0.0696. The highest BCUT2D eigenvalue weighted by Gasteiger charge is 2.27. The van der Waals surface area contributed by atoms with Crippen molar-refractivity contribution in [1.29, 1.82) is 0 Å². The molecule has 1 fully saturated rings. The van der Waals surface area contributed by atoms with Crippen LogP contribution in [0.3, 0.4) is 0 Å². The van der Waals surface area contributed by atoms with Crippen LogP contribution in [0.4, 0.5) is 11.5 Å². The minimum absolute atomic E-state index is 0.0739. The molecule has 160 valence electrons. The maximum absolute atomic E-state index is 13.0. The van der Waals surface area contributed by atoms with Crippen molar-refractivity contribution in [3.8, 4) is 0 Å². The number of hydrogen-bond acceptors (Lipinski definition) is 6. The van der Waals surface area contributed by atoms with E-state index in [0.717, 1.165) is 24.2 Å². The number of hydrogen-bond donors (Lipinski definition) is 1. The number of pyridine rings is 1. The highest BCUT2D eigenvalue weighted by atomic mass is 16.5. The predicted molar refractivity (Wildman–Crippen MR) is 117 cm³/mol. The number of aromatic carboxylic acids is 1. The molecule has 0 amide bonds. The Bertz CT molecular complexity index is 1220. The van der Waals surface area contributed by atoms with Crippen LogP contribution in [0, 0.1) is 0 Å². The standard InChI is InChI=1S/C23H24N4O4/c1-15(26-7-6-16-4-2-3-5-19(16)26)18-12-17(23(29)30)14-27-21(28)13-20(24-22(18)27)25-8-10-31-11-9-25/h2-5,12-15H,6-11H2,1H3,(H,29,30). The van der Waals surface area contributed by atoms with Gasteiger partial charge in [0.25, 0.3) is 5.56 Å². The second-order valence-electron chi connectivity index (χ2n) is 7.98. The maximum atomic E-state index is 13.0. The molecule has 1 unspecified atom stereocenters. The zero-order chi connectivity index (χ0) is 21.5. The molecular weight excluding hydrogens is 396 g/mol. The fourth-order valence-electron chi connectivity index (χ4n) is 4.53. The molecule has 5 rings (SSSR count). The van der Waals surface area contributed by atoms with Crippen molar-refractivity contribution >= 4 is 23.1 Å². The van der Waals surface area contributed by atoms with Crippen molar-refractivity contribution in [3.05, 3.63) is 69.6 Å². The van der Waals surface area contributed by atoms with Gasteiger partial charge < -0.3 is 19.6 Å². The number of anilines is 2. The fraction of sp³-hybridized carbons (Fsp3) is 0.348. The van der Waals surface area contributed by atoms with E-state index in [0.29, 0.717) is 37.8 Å². The van der Waals surface area contributed by atoms with Gasteiger partial charge in [0.2, 0.25) is 0 Å². The molecule has 1 aromatic carbocycles. The molecule has 4 heterocycles. The molecule has 1 atom stereocenters. The molecule has 0 radical (unpaired) electrons. The molecular formula is C23H24N4O4. The molecule has 1 saturated heterocycles.